The van der Waals surface area contributed by atoms with Gasteiger partial charge in [-0.05, 0) is 24.3 Å². The molecule has 0 saturated carbocycles. The maximum absolute atomic E-state index is 11.6. The lowest BCUT2D eigenvalue weighted by atomic mass is 10.2. The Labute approximate surface area is 119 Å². The molecule has 0 fully saturated rings. The van der Waals surface area contributed by atoms with Gasteiger partial charge in [0.15, 0.2) is 5.09 Å². The lowest BCUT2D eigenvalue weighted by Gasteiger charge is -2.05. The van der Waals surface area contributed by atoms with Gasteiger partial charge in [-0.3, -0.25) is 0 Å². The number of carbonyl (C=O) groups is 2. The molecule has 6 heteroatoms. The molecule has 20 heavy (non-hydrogen) atoms. The minimum atomic E-state index is -0.543. The molecule has 0 aliphatic heterocycles. The van der Waals surface area contributed by atoms with E-state index >= 15 is 0 Å². The third kappa shape index (κ3) is 3.03. The van der Waals surface area contributed by atoms with Crippen molar-refractivity contribution in [1.82, 2.24) is 0 Å². The second kappa shape index (κ2) is 6.29. The Kier molecular flexibility index (Phi) is 4.47. The molecule has 0 aliphatic carbocycles. The monoisotopic (exact) mass is 292 g/mol. The molecule has 1 aromatic carbocycles. The minimum absolute atomic E-state index is 0.116. The van der Waals surface area contributed by atoms with Crippen LogP contribution < -0.4 is 0 Å². The van der Waals surface area contributed by atoms with Crippen molar-refractivity contribution >= 4 is 23.7 Å². The molecule has 0 aliphatic rings. The van der Waals surface area contributed by atoms with Crippen molar-refractivity contribution in [2.75, 3.05) is 14.2 Å². The average molecular weight is 292 g/mol. The molecule has 1 aromatic heterocycles. The average Bonchev–Trinajstić information content (AvgIpc) is 2.94. The molecular formula is C14H12O5S. The molecular weight excluding hydrogens is 280 g/mol. The number of benzene rings is 1. The maximum atomic E-state index is 11.6. The van der Waals surface area contributed by atoms with E-state index in [1.54, 1.807) is 30.3 Å². The maximum Gasteiger partial charge on any atom is 0.374 e. The third-order valence-corrected chi connectivity index (χ3v) is 3.47. The van der Waals surface area contributed by atoms with Crippen LogP contribution >= 0.6 is 11.8 Å². The van der Waals surface area contributed by atoms with Gasteiger partial charge in [0.1, 0.15) is 0 Å². The molecule has 5 nitrogen and oxygen atoms in total. The molecule has 0 amide bonds. The Morgan fingerprint density at radius 2 is 1.70 bits per heavy atom. The van der Waals surface area contributed by atoms with Crippen molar-refractivity contribution < 1.29 is 23.5 Å². The van der Waals surface area contributed by atoms with Gasteiger partial charge >= 0.3 is 11.9 Å². The molecule has 0 saturated heterocycles. The van der Waals surface area contributed by atoms with E-state index in [-0.39, 0.29) is 5.76 Å². The summed E-state index contributed by atoms with van der Waals surface area (Å²) < 4.78 is 14.6. The number of furan rings is 1. The molecule has 0 N–H and O–H groups in total. The van der Waals surface area contributed by atoms with Gasteiger partial charge in [-0.15, -0.1) is 0 Å². The molecule has 0 bridgehead atoms. The van der Waals surface area contributed by atoms with Crippen LogP contribution in [-0.4, -0.2) is 26.2 Å². The SMILES string of the molecule is COC(=O)c1ccc(Sc2ccccc2C(=O)OC)o1. The van der Waals surface area contributed by atoms with E-state index in [1.165, 1.54) is 32.0 Å². The minimum Gasteiger partial charge on any atom is -0.465 e. The first-order valence-corrected chi connectivity index (χ1v) is 6.50. The number of rotatable bonds is 4. The fraction of sp³-hybridized carbons (Fsp3) is 0.143. The van der Waals surface area contributed by atoms with E-state index in [0.717, 1.165) is 0 Å². The third-order valence-electron chi connectivity index (χ3n) is 2.47. The molecule has 0 unspecified atom stereocenters. The number of carbonyl (C=O) groups excluding carboxylic acids is 2. The summed E-state index contributed by atoms with van der Waals surface area (Å²) in [5.41, 5.74) is 0.441. The Balaban J connectivity index is 2.24. The Morgan fingerprint density at radius 1 is 1.00 bits per heavy atom. The highest BCUT2D eigenvalue weighted by atomic mass is 32.2. The molecule has 2 rings (SSSR count). The number of methoxy groups -OCH3 is 2. The van der Waals surface area contributed by atoms with E-state index in [1.807, 2.05) is 0 Å². The predicted octanol–water partition coefficient (Wildman–Crippen LogP) is 3.00. The first kappa shape index (κ1) is 14.2. The second-order valence-electron chi connectivity index (χ2n) is 3.70. The highest BCUT2D eigenvalue weighted by molar-refractivity contribution is 7.99. The van der Waals surface area contributed by atoms with Gasteiger partial charge in [0.2, 0.25) is 5.76 Å². The first-order valence-electron chi connectivity index (χ1n) is 5.69. The summed E-state index contributed by atoms with van der Waals surface area (Å²) >= 11 is 1.23. The summed E-state index contributed by atoms with van der Waals surface area (Å²) in [6.45, 7) is 0. The van der Waals surface area contributed by atoms with E-state index in [0.29, 0.717) is 15.6 Å². The zero-order chi connectivity index (χ0) is 14.5. The zero-order valence-electron chi connectivity index (χ0n) is 10.9. The highest BCUT2D eigenvalue weighted by Crippen LogP contribution is 2.32. The van der Waals surface area contributed by atoms with Crippen LogP contribution in [0, 0.1) is 0 Å². The van der Waals surface area contributed by atoms with E-state index in [4.69, 9.17) is 9.15 Å². The largest absolute Gasteiger partial charge is 0.465 e. The predicted molar refractivity (Wildman–Crippen MR) is 72.0 cm³/mol. The van der Waals surface area contributed by atoms with Crippen LogP contribution in [0.4, 0.5) is 0 Å². The van der Waals surface area contributed by atoms with E-state index < -0.39 is 11.9 Å². The number of hydrogen-bond acceptors (Lipinski definition) is 6. The van der Waals surface area contributed by atoms with Gasteiger partial charge in [0.25, 0.3) is 0 Å². The number of hydrogen-bond donors (Lipinski definition) is 0. The van der Waals surface area contributed by atoms with Crippen molar-refractivity contribution in [1.29, 1.82) is 0 Å². The van der Waals surface area contributed by atoms with Crippen LogP contribution in [0.15, 0.2) is 50.8 Å². The normalized spacial score (nSPS) is 10.1. The summed E-state index contributed by atoms with van der Waals surface area (Å²) in [7, 11) is 2.61. The number of esters is 2. The van der Waals surface area contributed by atoms with Crippen LogP contribution in [0.25, 0.3) is 0 Å². The summed E-state index contributed by atoms with van der Waals surface area (Å²) in [5, 5.41) is 0.488. The summed E-state index contributed by atoms with van der Waals surface area (Å²) in [6, 6.07) is 10.2. The quantitative estimate of drug-likeness (QED) is 0.807. The van der Waals surface area contributed by atoms with Gasteiger partial charge < -0.3 is 13.9 Å². The second-order valence-corrected chi connectivity index (χ2v) is 4.75. The lowest BCUT2D eigenvalue weighted by molar-refractivity contribution is 0.0557. The molecule has 1 heterocycles. The van der Waals surface area contributed by atoms with Gasteiger partial charge in [0.05, 0.1) is 19.8 Å². The molecule has 0 atom stereocenters. The van der Waals surface area contributed by atoms with Crippen LogP contribution in [-0.2, 0) is 9.47 Å². The zero-order valence-corrected chi connectivity index (χ0v) is 11.7. The van der Waals surface area contributed by atoms with Crippen LogP contribution in [0.3, 0.4) is 0 Å². The van der Waals surface area contributed by atoms with Crippen molar-refractivity contribution in [3.63, 3.8) is 0 Å². The molecule has 0 radical (unpaired) electrons. The van der Waals surface area contributed by atoms with Gasteiger partial charge in [0, 0.05) is 4.90 Å². The first-order chi connectivity index (χ1) is 9.65. The highest BCUT2D eigenvalue weighted by Gasteiger charge is 2.15. The molecule has 2 aromatic rings. The van der Waals surface area contributed by atoms with E-state index in [9.17, 15) is 9.59 Å². The van der Waals surface area contributed by atoms with Crippen LogP contribution in [0.5, 0.6) is 0 Å². The van der Waals surface area contributed by atoms with Crippen LogP contribution in [0.2, 0.25) is 0 Å². The van der Waals surface area contributed by atoms with Gasteiger partial charge in [-0.2, -0.15) is 0 Å². The van der Waals surface area contributed by atoms with Crippen molar-refractivity contribution in [2.45, 2.75) is 9.99 Å². The summed E-state index contributed by atoms with van der Waals surface area (Å²) in [5.74, 6) is -0.850. The summed E-state index contributed by atoms with van der Waals surface area (Å²) in [6.07, 6.45) is 0. The van der Waals surface area contributed by atoms with Gasteiger partial charge in [-0.1, -0.05) is 23.9 Å². The lowest BCUT2D eigenvalue weighted by Crippen LogP contribution is -2.02. The van der Waals surface area contributed by atoms with Crippen molar-refractivity contribution in [3.05, 3.63) is 47.7 Å². The van der Waals surface area contributed by atoms with Crippen LogP contribution in [0.1, 0.15) is 20.9 Å². The summed E-state index contributed by atoms with van der Waals surface area (Å²) in [4.78, 5) is 23.6. The van der Waals surface area contributed by atoms with Crippen molar-refractivity contribution in [2.24, 2.45) is 0 Å². The Bertz CT molecular complexity index is 632. The fourth-order valence-electron chi connectivity index (χ4n) is 1.53. The standard InChI is InChI=1S/C14H12O5S/c1-17-13(15)9-5-3-4-6-11(9)20-12-8-7-10(19-12)14(16)18-2/h3-8H,1-2H3. The van der Waals surface area contributed by atoms with Gasteiger partial charge in [-0.25, -0.2) is 9.59 Å². The smallest absolute Gasteiger partial charge is 0.374 e. The Hall–Kier alpha value is -2.21. The molecule has 0 spiro atoms. The Morgan fingerprint density at radius 3 is 2.40 bits per heavy atom. The van der Waals surface area contributed by atoms with E-state index in [2.05, 4.69) is 4.74 Å². The molecule has 104 valence electrons. The number of ether oxygens (including phenoxy) is 2. The topological polar surface area (TPSA) is 65.7 Å². The van der Waals surface area contributed by atoms with Crippen molar-refractivity contribution in [3.8, 4) is 0 Å². The fourth-order valence-corrected chi connectivity index (χ4v) is 2.42.